The van der Waals surface area contributed by atoms with Gasteiger partial charge in [-0.3, -0.25) is 9.58 Å². The molecule has 1 aliphatic carbocycles. The Balaban J connectivity index is 1.26. The van der Waals surface area contributed by atoms with Crippen LogP contribution in [0.25, 0.3) is 0 Å². The summed E-state index contributed by atoms with van der Waals surface area (Å²) in [6.45, 7) is 7.83. The fourth-order valence-electron chi connectivity index (χ4n) is 5.27. The van der Waals surface area contributed by atoms with E-state index in [2.05, 4.69) is 38.4 Å². The summed E-state index contributed by atoms with van der Waals surface area (Å²) < 4.78 is 2.15. The SMILES string of the molecule is Cc1cncnc1N1CC2CN(Cc3c4c(nn3C)CCCC4)CC2C1. The minimum atomic E-state index is 0.758. The predicted molar refractivity (Wildman–Crippen MR) is 101 cm³/mol. The molecule has 0 bridgehead atoms. The highest BCUT2D eigenvalue weighted by Gasteiger charge is 2.41. The molecular weight excluding hydrogens is 324 g/mol. The quantitative estimate of drug-likeness (QED) is 0.845. The van der Waals surface area contributed by atoms with Crippen LogP contribution in [0.2, 0.25) is 0 Å². The molecule has 3 aliphatic rings. The highest BCUT2D eigenvalue weighted by Crippen LogP contribution is 2.35. The lowest BCUT2D eigenvalue weighted by Gasteiger charge is -2.23. The number of rotatable bonds is 3. The Kier molecular flexibility index (Phi) is 3.96. The van der Waals surface area contributed by atoms with Crippen molar-refractivity contribution in [3.8, 4) is 0 Å². The lowest BCUT2D eigenvalue weighted by atomic mass is 9.96. The third-order valence-electron chi connectivity index (χ3n) is 6.55. The van der Waals surface area contributed by atoms with Crippen LogP contribution in [0.1, 0.15) is 35.4 Å². The number of fused-ring (bicyclic) bond motifs is 2. The molecule has 0 saturated carbocycles. The topological polar surface area (TPSA) is 50.1 Å². The molecule has 2 unspecified atom stereocenters. The van der Waals surface area contributed by atoms with Gasteiger partial charge in [-0.15, -0.1) is 0 Å². The van der Waals surface area contributed by atoms with Crippen LogP contribution in [0.5, 0.6) is 0 Å². The maximum atomic E-state index is 4.79. The number of nitrogens with zero attached hydrogens (tertiary/aromatic N) is 6. The van der Waals surface area contributed by atoms with Gasteiger partial charge in [0.2, 0.25) is 0 Å². The van der Waals surface area contributed by atoms with Crippen molar-refractivity contribution in [1.82, 2.24) is 24.6 Å². The van der Waals surface area contributed by atoms with Crippen LogP contribution >= 0.6 is 0 Å². The first-order chi connectivity index (χ1) is 12.7. The smallest absolute Gasteiger partial charge is 0.134 e. The van der Waals surface area contributed by atoms with Gasteiger partial charge in [-0.1, -0.05) is 0 Å². The molecular formula is C20H28N6. The average Bonchev–Trinajstić information content (AvgIpc) is 3.28. The minimum absolute atomic E-state index is 0.758. The van der Waals surface area contributed by atoms with Crippen LogP contribution in [0.4, 0.5) is 5.82 Å². The summed E-state index contributed by atoms with van der Waals surface area (Å²) in [7, 11) is 2.13. The van der Waals surface area contributed by atoms with Gasteiger partial charge in [0.1, 0.15) is 12.1 Å². The lowest BCUT2D eigenvalue weighted by Crippen LogP contribution is -2.30. The Hall–Kier alpha value is -1.95. The second kappa shape index (κ2) is 6.34. The van der Waals surface area contributed by atoms with Gasteiger partial charge in [-0.2, -0.15) is 5.10 Å². The number of likely N-dealkylation sites (tertiary alicyclic amines) is 1. The lowest BCUT2D eigenvalue weighted by molar-refractivity contribution is 0.299. The molecule has 2 atom stereocenters. The van der Waals surface area contributed by atoms with Gasteiger partial charge >= 0.3 is 0 Å². The highest BCUT2D eigenvalue weighted by atomic mass is 15.3. The van der Waals surface area contributed by atoms with Crippen molar-refractivity contribution in [2.24, 2.45) is 18.9 Å². The molecule has 2 aromatic rings. The molecule has 4 heterocycles. The van der Waals surface area contributed by atoms with E-state index in [0.29, 0.717) is 0 Å². The average molecular weight is 352 g/mol. The Bertz CT molecular complexity index is 799. The van der Waals surface area contributed by atoms with Crippen molar-refractivity contribution < 1.29 is 0 Å². The van der Waals surface area contributed by atoms with Crippen LogP contribution in [-0.4, -0.2) is 50.8 Å². The molecule has 0 spiro atoms. The Morgan fingerprint density at radius 2 is 1.85 bits per heavy atom. The molecule has 0 amide bonds. The number of aromatic nitrogens is 4. The molecule has 0 radical (unpaired) electrons. The van der Waals surface area contributed by atoms with Gasteiger partial charge in [0.25, 0.3) is 0 Å². The molecule has 0 aromatic carbocycles. The Morgan fingerprint density at radius 1 is 1.08 bits per heavy atom. The molecule has 5 rings (SSSR count). The normalized spacial score (nSPS) is 25.5. The monoisotopic (exact) mass is 352 g/mol. The first-order valence-corrected chi connectivity index (χ1v) is 9.96. The fourth-order valence-corrected chi connectivity index (χ4v) is 5.27. The van der Waals surface area contributed by atoms with Gasteiger partial charge in [-0.05, 0) is 50.0 Å². The molecule has 26 heavy (non-hydrogen) atoms. The van der Waals surface area contributed by atoms with E-state index in [1.165, 1.54) is 55.7 Å². The Morgan fingerprint density at radius 3 is 2.62 bits per heavy atom. The van der Waals surface area contributed by atoms with E-state index in [4.69, 9.17) is 5.10 Å². The van der Waals surface area contributed by atoms with Gasteiger partial charge in [-0.25, -0.2) is 9.97 Å². The second-order valence-corrected chi connectivity index (χ2v) is 8.35. The van der Waals surface area contributed by atoms with Gasteiger partial charge < -0.3 is 4.90 Å². The third kappa shape index (κ3) is 2.71. The summed E-state index contributed by atoms with van der Waals surface area (Å²) in [5, 5.41) is 4.79. The van der Waals surface area contributed by atoms with Crippen LogP contribution in [0.15, 0.2) is 12.5 Å². The summed E-state index contributed by atoms with van der Waals surface area (Å²) in [6, 6.07) is 0. The molecule has 2 fully saturated rings. The van der Waals surface area contributed by atoms with Crippen molar-refractivity contribution in [3.05, 3.63) is 35.0 Å². The van der Waals surface area contributed by atoms with E-state index in [-0.39, 0.29) is 0 Å². The summed E-state index contributed by atoms with van der Waals surface area (Å²) in [5.74, 6) is 2.64. The first-order valence-electron chi connectivity index (χ1n) is 9.96. The maximum absolute atomic E-state index is 4.79. The van der Waals surface area contributed by atoms with E-state index < -0.39 is 0 Å². The maximum Gasteiger partial charge on any atom is 0.134 e. The zero-order valence-electron chi connectivity index (χ0n) is 15.9. The molecule has 138 valence electrons. The third-order valence-corrected chi connectivity index (χ3v) is 6.55. The summed E-state index contributed by atoms with van der Waals surface area (Å²) in [5.41, 5.74) is 5.56. The van der Waals surface area contributed by atoms with Crippen molar-refractivity contribution in [1.29, 1.82) is 0 Å². The first kappa shape index (κ1) is 16.2. The van der Waals surface area contributed by atoms with E-state index in [1.807, 2.05) is 6.20 Å². The zero-order valence-corrected chi connectivity index (χ0v) is 15.9. The molecule has 2 aromatic heterocycles. The summed E-state index contributed by atoms with van der Waals surface area (Å²) in [6.07, 6.45) is 8.62. The largest absolute Gasteiger partial charge is 0.356 e. The van der Waals surface area contributed by atoms with Crippen LogP contribution in [0.3, 0.4) is 0 Å². The number of aryl methyl sites for hydroxylation is 3. The molecule has 2 aliphatic heterocycles. The highest BCUT2D eigenvalue weighted by molar-refractivity contribution is 5.46. The summed E-state index contributed by atoms with van der Waals surface area (Å²) in [4.78, 5) is 13.8. The van der Waals surface area contributed by atoms with Gasteiger partial charge in [0, 0.05) is 51.5 Å². The van der Waals surface area contributed by atoms with Crippen molar-refractivity contribution >= 4 is 5.82 Å². The molecule has 6 nitrogen and oxygen atoms in total. The van der Waals surface area contributed by atoms with E-state index in [1.54, 1.807) is 11.9 Å². The van der Waals surface area contributed by atoms with Crippen LogP contribution in [-0.2, 0) is 26.4 Å². The zero-order chi connectivity index (χ0) is 17.7. The van der Waals surface area contributed by atoms with E-state index >= 15 is 0 Å². The standard InChI is InChI=1S/C20H28N6/c1-14-7-21-13-22-20(14)26-10-15-8-25(9-16(15)11-26)12-19-17-5-3-4-6-18(17)23-24(19)2/h7,13,15-16H,3-6,8-12H2,1-2H3. The van der Waals surface area contributed by atoms with Crippen molar-refractivity contribution in [3.63, 3.8) is 0 Å². The van der Waals surface area contributed by atoms with Crippen LogP contribution in [0, 0.1) is 18.8 Å². The van der Waals surface area contributed by atoms with Gasteiger partial charge in [0.05, 0.1) is 11.4 Å². The number of hydrogen-bond acceptors (Lipinski definition) is 5. The summed E-state index contributed by atoms with van der Waals surface area (Å²) >= 11 is 0. The van der Waals surface area contributed by atoms with Crippen LogP contribution < -0.4 is 4.90 Å². The molecule has 2 saturated heterocycles. The van der Waals surface area contributed by atoms with E-state index in [0.717, 1.165) is 37.3 Å². The fraction of sp³-hybridized carbons (Fsp3) is 0.650. The molecule has 0 N–H and O–H groups in total. The second-order valence-electron chi connectivity index (χ2n) is 8.35. The number of hydrogen-bond donors (Lipinski definition) is 0. The molecule has 6 heteroatoms. The van der Waals surface area contributed by atoms with Crippen molar-refractivity contribution in [2.45, 2.75) is 39.2 Å². The minimum Gasteiger partial charge on any atom is -0.356 e. The van der Waals surface area contributed by atoms with E-state index in [9.17, 15) is 0 Å². The predicted octanol–water partition coefficient (Wildman–Crippen LogP) is 1.97. The van der Waals surface area contributed by atoms with Crippen molar-refractivity contribution in [2.75, 3.05) is 31.1 Å². The van der Waals surface area contributed by atoms with Gasteiger partial charge in [0.15, 0.2) is 0 Å². The Labute approximate surface area is 155 Å². The number of anilines is 1.